The van der Waals surface area contributed by atoms with Gasteiger partial charge in [-0.25, -0.2) is 4.98 Å². The molecule has 0 bridgehead atoms. The van der Waals surface area contributed by atoms with Crippen molar-refractivity contribution in [3.8, 4) is 0 Å². The Balaban J connectivity index is 1.32. The van der Waals surface area contributed by atoms with E-state index in [1.54, 1.807) is 13.0 Å². The molecule has 7 nitrogen and oxygen atoms in total. The van der Waals surface area contributed by atoms with Crippen LogP contribution in [0.5, 0.6) is 0 Å². The van der Waals surface area contributed by atoms with Crippen LogP contribution in [0.25, 0.3) is 11.0 Å². The summed E-state index contributed by atoms with van der Waals surface area (Å²) in [6.45, 7) is 4.03. The molecule has 2 N–H and O–H groups in total. The van der Waals surface area contributed by atoms with Gasteiger partial charge in [-0.3, -0.25) is 9.69 Å². The number of para-hydroxylation sites is 2. The van der Waals surface area contributed by atoms with Crippen molar-refractivity contribution >= 4 is 22.8 Å². The van der Waals surface area contributed by atoms with Gasteiger partial charge in [-0.05, 0) is 44.4 Å². The number of likely N-dealkylation sites (tertiary alicyclic amines) is 1. The van der Waals surface area contributed by atoms with Crippen LogP contribution in [-0.4, -0.2) is 45.6 Å². The molecule has 0 spiro atoms. The minimum absolute atomic E-state index is 0.0531. The van der Waals surface area contributed by atoms with Crippen LogP contribution in [0.3, 0.4) is 0 Å². The molecule has 3 aromatic rings. The zero-order valence-corrected chi connectivity index (χ0v) is 14.9. The van der Waals surface area contributed by atoms with Crippen molar-refractivity contribution in [3.63, 3.8) is 0 Å². The summed E-state index contributed by atoms with van der Waals surface area (Å²) in [6.07, 6.45) is 3.17. The summed E-state index contributed by atoms with van der Waals surface area (Å²) in [5, 5.41) is 6.59. The first-order valence-electron chi connectivity index (χ1n) is 9.05. The molecule has 1 aliphatic rings. The molecule has 1 aromatic carbocycles. The average molecular weight is 353 g/mol. The van der Waals surface area contributed by atoms with Crippen LogP contribution < -0.4 is 5.32 Å². The number of amides is 1. The second-order valence-corrected chi connectivity index (χ2v) is 7.02. The third-order valence-corrected chi connectivity index (χ3v) is 4.79. The van der Waals surface area contributed by atoms with Gasteiger partial charge in [-0.1, -0.05) is 17.3 Å². The number of rotatable bonds is 5. The number of anilines is 1. The normalized spacial score (nSPS) is 18.3. The van der Waals surface area contributed by atoms with Crippen LogP contribution >= 0.6 is 0 Å². The van der Waals surface area contributed by atoms with Gasteiger partial charge < -0.3 is 14.8 Å². The third kappa shape index (κ3) is 3.94. The Hall–Kier alpha value is -2.67. The number of hydrogen-bond donors (Lipinski definition) is 2. The highest BCUT2D eigenvalue weighted by Gasteiger charge is 2.23. The minimum atomic E-state index is -0.0531. The van der Waals surface area contributed by atoms with E-state index in [9.17, 15) is 4.79 Å². The molecule has 1 amide bonds. The summed E-state index contributed by atoms with van der Waals surface area (Å²) in [4.78, 5) is 22.5. The number of nitrogens with one attached hydrogen (secondary N) is 2. The summed E-state index contributed by atoms with van der Waals surface area (Å²) in [7, 11) is 0. The number of hydrogen-bond acceptors (Lipinski definition) is 5. The van der Waals surface area contributed by atoms with Gasteiger partial charge in [-0.2, -0.15) is 0 Å². The van der Waals surface area contributed by atoms with Gasteiger partial charge in [0.15, 0.2) is 5.82 Å². The zero-order valence-electron chi connectivity index (χ0n) is 14.9. The largest absolute Gasteiger partial charge is 0.360 e. The summed E-state index contributed by atoms with van der Waals surface area (Å²) in [6, 6.07) is 9.82. The molecule has 1 fully saturated rings. The van der Waals surface area contributed by atoms with Crippen LogP contribution in [0.15, 0.2) is 34.9 Å². The van der Waals surface area contributed by atoms with Crippen molar-refractivity contribution in [3.05, 3.63) is 41.9 Å². The molecule has 1 atom stereocenters. The van der Waals surface area contributed by atoms with Gasteiger partial charge >= 0.3 is 0 Å². The van der Waals surface area contributed by atoms with E-state index in [1.165, 1.54) is 0 Å². The average Bonchev–Trinajstić information content (AvgIpc) is 3.20. The zero-order chi connectivity index (χ0) is 17.9. The number of aryl methyl sites for hydroxylation is 1. The fourth-order valence-electron chi connectivity index (χ4n) is 3.65. The number of carbonyl (C=O) groups excluding carboxylic acids is 1. The number of aromatic amines is 1. The predicted octanol–water partition coefficient (Wildman–Crippen LogP) is 2.75. The van der Waals surface area contributed by atoms with Crippen molar-refractivity contribution in [2.75, 3.05) is 25.0 Å². The van der Waals surface area contributed by atoms with Crippen LogP contribution in [0.2, 0.25) is 0 Å². The maximum atomic E-state index is 12.2. The van der Waals surface area contributed by atoms with Crippen molar-refractivity contribution < 1.29 is 9.32 Å². The quantitative estimate of drug-likeness (QED) is 0.736. The van der Waals surface area contributed by atoms with Gasteiger partial charge in [0, 0.05) is 19.0 Å². The highest BCUT2D eigenvalue weighted by molar-refractivity contribution is 5.91. The van der Waals surface area contributed by atoms with E-state index >= 15 is 0 Å². The molecule has 1 saturated heterocycles. The maximum absolute atomic E-state index is 12.2. The van der Waals surface area contributed by atoms with E-state index in [1.807, 2.05) is 18.2 Å². The predicted molar refractivity (Wildman–Crippen MR) is 98.8 cm³/mol. The van der Waals surface area contributed by atoms with Crippen LogP contribution in [-0.2, 0) is 11.2 Å². The van der Waals surface area contributed by atoms with E-state index in [0.717, 1.165) is 49.2 Å². The molecule has 0 radical (unpaired) electrons. The summed E-state index contributed by atoms with van der Waals surface area (Å²) < 4.78 is 4.97. The number of fused-ring (bicyclic) bond motifs is 1. The molecular weight excluding hydrogens is 330 g/mol. The van der Waals surface area contributed by atoms with E-state index in [-0.39, 0.29) is 5.91 Å². The number of carbonyl (C=O) groups is 1. The second-order valence-electron chi connectivity index (χ2n) is 7.02. The van der Waals surface area contributed by atoms with Gasteiger partial charge in [-0.15, -0.1) is 0 Å². The van der Waals surface area contributed by atoms with Gasteiger partial charge in [0.2, 0.25) is 5.91 Å². The van der Waals surface area contributed by atoms with Crippen molar-refractivity contribution in [1.29, 1.82) is 0 Å². The Morgan fingerprint density at radius 2 is 2.31 bits per heavy atom. The molecule has 3 heterocycles. The summed E-state index contributed by atoms with van der Waals surface area (Å²) in [5.74, 6) is 2.64. The monoisotopic (exact) mass is 353 g/mol. The molecule has 0 saturated carbocycles. The molecular formula is C19H23N5O2. The van der Waals surface area contributed by atoms with Crippen LogP contribution in [0.4, 0.5) is 5.82 Å². The molecule has 136 valence electrons. The van der Waals surface area contributed by atoms with Gasteiger partial charge in [0.05, 0.1) is 17.6 Å². The fraction of sp³-hybridized carbons (Fsp3) is 0.421. The van der Waals surface area contributed by atoms with E-state index in [0.29, 0.717) is 24.0 Å². The first-order chi connectivity index (χ1) is 12.7. The Bertz CT molecular complexity index is 867. The molecule has 2 aromatic heterocycles. The first-order valence-corrected chi connectivity index (χ1v) is 9.05. The van der Waals surface area contributed by atoms with Gasteiger partial charge in [0.25, 0.3) is 0 Å². The lowest BCUT2D eigenvalue weighted by Crippen LogP contribution is -2.41. The number of aromatic nitrogens is 3. The van der Waals surface area contributed by atoms with Crippen LogP contribution in [0.1, 0.15) is 24.4 Å². The second kappa shape index (κ2) is 7.29. The number of benzene rings is 1. The number of piperidine rings is 1. The lowest BCUT2D eigenvalue weighted by molar-refractivity contribution is -0.117. The lowest BCUT2D eigenvalue weighted by atomic mass is 9.94. The standard InChI is InChI=1S/C19H23N5O2/c1-13-9-18(23-26-13)22-19(25)12-24-8-4-5-14(11-24)10-17-20-15-6-2-3-7-16(15)21-17/h2-3,6-7,9,14H,4-5,8,10-12H2,1H3,(H,20,21)(H,22,23,25). The lowest BCUT2D eigenvalue weighted by Gasteiger charge is -2.31. The molecule has 26 heavy (non-hydrogen) atoms. The SMILES string of the molecule is Cc1cc(NC(=O)CN2CCCC(Cc3nc4ccccc4[nH]3)C2)no1. The van der Waals surface area contributed by atoms with Crippen LogP contribution in [0, 0.1) is 12.8 Å². The topological polar surface area (TPSA) is 87.0 Å². The van der Waals surface area contributed by atoms with E-state index in [4.69, 9.17) is 4.52 Å². The molecule has 4 rings (SSSR count). The highest BCUT2D eigenvalue weighted by atomic mass is 16.5. The Labute approximate surface area is 151 Å². The third-order valence-electron chi connectivity index (χ3n) is 4.79. The van der Waals surface area contributed by atoms with Crippen molar-refractivity contribution in [1.82, 2.24) is 20.0 Å². The smallest absolute Gasteiger partial charge is 0.239 e. The highest BCUT2D eigenvalue weighted by Crippen LogP contribution is 2.21. The summed E-state index contributed by atoms with van der Waals surface area (Å²) >= 11 is 0. The number of imidazole rings is 1. The Kier molecular flexibility index (Phi) is 4.71. The van der Waals surface area contributed by atoms with E-state index in [2.05, 4.69) is 31.4 Å². The molecule has 1 aliphatic heterocycles. The molecule has 0 aliphatic carbocycles. The first kappa shape index (κ1) is 16.8. The minimum Gasteiger partial charge on any atom is -0.360 e. The van der Waals surface area contributed by atoms with Gasteiger partial charge in [0.1, 0.15) is 11.6 Å². The Morgan fingerprint density at radius 1 is 1.42 bits per heavy atom. The number of H-pyrrole nitrogens is 1. The van der Waals surface area contributed by atoms with Crippen molar-refractivity contribution in [2.24, 2.45) is 5.92 Å². The fourth-order valence-corrected chi connectivity index (χ4v) is 3.65. The van der Waals surface area contributed by atoms with Crippen molar-refractivity contribution in [2.45, 2.75) is 26.2 Å². The summed E-state index contributed by atoms with van der Waals surface area (Å²) in [5.41, 5.74) is 2.09. The Morgan fingerprint density at radius 3 is 3.12 bits per heavy atom. The number of nitrogens with zero attached hydrogens (tertiary/aromatic N) is 3. The maximum Gasteiger partial charge on any atom is 0.239 e. The molecule has 7 heteroatoms. The molecule has 1 unspecified atom stereocenters. The van der Waals surface area contributed by atoms with E-state index < -0.39 is 0 Å².